The summed E-state index contributed by atoms with van der Waals surface area (Å²) < 4.78 is 42.1. The highest BCUT2D eigenvalue weighted by Gasteiger charge is 2.71. The fourth-order valence-electron chi connectivity index (χ4n) is 15.2. The zero-order chi connectivity index (χ0) is 47.1. The van der Waals surface area contributed by atoms with E-state index in [-0.39, 0.29) is 58.1 Å². The summed E-state index contributed by atoms with van der Waals surface area (Å²) in [5, 5.41) is 97.3. The van der Waals surface area contributed by atoms with Crippen LogP contribution in [0.15, 0.2) is 11.6 Å². The lowest BCUT2D eigenvalue weighted by Crippen LogP contribution is -2.68. The monoisotopic (exact) mass is 924 g/mol. The third kappa shape index (κ3) is 7.00. The van der Waals surface area contributed by atoms with Gasteiger partial charge < -0.3 is 79.1 Å². The van der Waals surface area contributed by atoms with Crippen LogP contribution >= 0.6 is 0 Å². The average molecular weight is 925 g/mol. The third-order valence-electron chi connectivity index (χ3n) is 19.6. The minimum atomic E-state index is -2.02. The van der Waals surface area contributed by atoms with Crippen molar-refractivity contribution in [2.24, 2.45) is 50.2 Å². The molecule has 65 heavy (non-hydrogen) atoms. The van der Waals surface area contributed by atoms with Crippen LogP contribution in [0.5, 0.6) is 0 Å². The molecule has 4 saturated carbocycles. The first-order valence-corrected chi connectivity index (χ1v) is 23.8. The van der Waals surface area contributed by atoms with Gasteiger partial charge in [-0.15, -0.1) is 0 Å². The summed E-state index contributed by atoms with van der Waals surface area (Å²) in [4.78, 5) is 25.6. The van der Waals surface area contributed by atoms with Gasteiger partial charge in [-0.1, -0.05) is 46.3 Å². The largest absolute Gasteiger partial charge is 0.479 e. The van der Waals surface area contributed by atoms with Crippen molar-refractivity contribution in [1.29, 1.82) is 0 Å². The van der Waals surface area contributed by atoms with Crippen molar-refractivity contribution in [3.8, 4) is 0 Å². The fourth-order valence-corrected chi connectivity index (χ4v) is 15.2. The standard InChI is InChI=1S/C47H72O18/c1-20-28(50)30(52)33(55)38(60-20)64-35-29(51)23(49)18-59-39(35)65-36-32(54)31(53)34(37(56)57)63-40(36)61-26-11-12-44(4)24(45(26,5)19-48)10-13-47(7)25(44)9-8-21-22-16-42(2)17-27(62-41(42)58)43(22,3)14-15-46(21,47)6/h8,20,22-36,38-40,48-55H,9-19H2,1-7H3,(H,56,57)/t20-,22-,23+,24+,25+,26-,27+,28-,29-,30+,31-,32-,33+,34-,35+,36+,38-,39-,40+,42+,43+,44-,45+,46+,47+/m0/s1. The first kappa shape index (κ1) is 48.2. The van der Waals surface area contributed by atoms with Gasteiger partial charge in [-0.3, -0.25) is 4.79 Å². The summed E-state index contributed by atoms with van der Waals surface area (Å²) >= 11 is 0. The summed E-state index contributed by atoms with van der Waals surface area (Å²) in [6, 6.07) is 0. The molecule has 368 valence electrons. The van der Waals surface area contributed by atoms with Crippen molar-refractivity contribution >= 4 is 11.9 Å². The number of carbonyl (C=O) groups is 2. The smallest absolute Gasteiger partial charge is 0.335 e. The van der Waals surface area contributed by atoms with Gasteiger partial charge in [0, 0.05) is 17.3 Å². The predicted molar refractivity (Wildman–Crippen MR) is 223 cm³/mol. The first-order valence-electron chi connectivity index (χ1n) is 23.8. The van der Waals surface area contributed by atoms with E-state index in [2.05, 4.69) is 40.7 Å². The topological polar surface area (TPSA) is 281 Å². The molecule has 0 aromatic carbocycles. The summed E-state index contributed by atoms with van der Waals surface area (Å²) in [6.07, 6.45) is -14.7. The molecule has 9 N–H and O–H groups in total. The lowest BCUT2D eigenvalue weighted by Gasteiger charge is -2.71. The van der Waals surface area contributed by atoms with E-state index in [4.69, 9.17) is 33.2 Å². The molecule has 4 saturated heterocycles. The van der Waals surface area contributed by atoms with Gasteiger partial charge in [-0.05, 0) is 99.2 Å². The molecule has 25 atom stereocenters. The molecule has 5 aliphatic carbocycles. The number of carboxylic acids is 1. The summed E-state index contributed by atoms with van der Waals surface area (Å²) in [5.74, 6) is -1.22. The van der Waals surface area contributed by atoms with Crippen LogP contribution in [0.1, 0.15) is 106 Å². The predicted octanol–water partition coefficient (Wildman–Crippen LogP) is 0.888. The van der Waals surface area contributed by atoms with Crippen molar-refractivity contribution in [3.63, 3.8) is 0 Å². The van der Waals surface area contributed by atoms with Crippen LogP contribution in [0.3, 0.4) is 0 Å². The van der Waals surface area contributed by atoms with Gasteiger partial charge in [-0.2, -0.15) is 0 Å². The maximum Gasteiger partial charge on any atom is 0.335 e. The highest BCUT2D eigenvalue weighted by atomic mass is 16.8. The Morgan fingerprint density at radius 2 is 1.43 bits per heavy atom. The van der Waals surface area contributed by atoms with Crippen LogP contribution < -0.4 is 0 Å². The summed E-state index contributed by atoms with van der Waals surface area (Å²) in [7, 11) is 0. The Hall–Kier alpha value is -1.88. The number of fused-ring (bicyclic) bond motifs is 10. The van der Waals surface area contributed by atoms with Gasteiger partial charge in [-0.25, -0.2) is 4.79 Å². The molecule has 8 fully saturated rings. The number of hydrogen-bond donors (Lipinski definition) is 9. The van der Waals surface area contributed by atoms with Crippen LogP contribution in [0.25, 0.3) is 0 Å². The van der Waals surface area contributed by atoms with Crippen molar-refractivity contribution in [1.82, 2.24) is 0 Å². The molecule has 4 heterocycles. The molecular weight excluding hydrogens is 852 g/mol. The number of carbonyl (C=O) groups excluding carboxylic acids is 1. The fraction of sp³-hybridized carbons (Fsp3) is 0.915. The number of allylic oxidation sites excluding steroid dienone is 2. The van der Waals surface area contributed by atoms with Crippen molar-refractivity contribution < 1.29 is 88.7 Å². The molecule has 18 nitrogen and oxygen atoms in total. The van der Waals surface area contributed by atoms with E-state index in [0.29, 0.717) is 12.8 Å². The molecule has 9 aliphatic rings. The van der Waals surface area contributed by atoms with Crippen LogP contribution in [0, 0.1) is 50.2 Å². The molecule has 0 amide bonds. The Morgan fingerprint density at radius 3 is 2.12 bits per heavy atom. The highest BCUT2D eigenvalue weighted by molar-refractivity contribution is 5.79. The average Bonchev–Trinajstić information content (AvgIpc) is 3.52. The summed E-state index contributed by atoms with van der Waals surface area (Å²) in [6.45, 7) is 14.3. The van der Waals surface area contributed by atoms with Crippen LogP contribution in [0.4, 0.5) is 0 Å². The number of rotatable bonds is 8. The van der Waals surface area contributed by atoms with E-state index in [1.807, 2.05) is 6.92 Å². The number of aliphatic hydroxyl groups excluding tert-OH is 8. The second-order valence-electron chi connectivity index (χ2n) is 22.9. The van der Waals surface area contributed by atoms with E-state index in [1.165, 1.54) is 12.5 Å². The Kier molecular flexibility index (Phi) is 12.1. The minimum absolute atomic E-state index is 0.0669. The maximum absolute atomic E-state index is 13.2. The number of esters is 1. The molecular formula is C47H72O18. The third-order valence-corrected chi connectivity index (χ3v) is 19.6. The van der Waals surface area contributed by atoms with E-state index in [1.54, 1.807) is 0 Å². The number of carboxylic acid groups (broad SMARTS) is 1. The highest BCUT2D eigenvalue weighted by Crippen LogP contribution is 2.76. The van der Waals surface area contributed by atoms with Gasteiger partial charge in [0.15, 0.2) is 25.0 Å². The second kappa shape index (κ2) is 16.4. The van der Waals surface area contributed by atoms with Crippen molar-refractivity contribution in [2.45, 2.75) is 204 Å². The molecule has 9 rings (SSSR count). The van der Waals surface area contributed by atoms with Crippen LogP contribution in [-0.4, -0.2) is 169 Å². The van der Waals surface area contributed by atoms with Crippen molar-refractivity contribution in [2.75, 3.05) is 13.2 Å². The SMILES string of the molecule is C[C@@H]1O[C@@H](O[C@H]2[C@H](O[C@H]3[C@H](O[C@H]4CC[C@@]5(C)[C@@H](CC[C@]6(C)[C@@H]5CC=C5[C@@H]7C[C@]8(C)C[C@@H](OC8=O)[C@]7(C)CC[C@]56C)[C@@]4(C)CO)O[C@H](C(=O)O)[C@@H](O)[C@@H]3O)OC[C@@H](O)[C@@H]2O)[C@H](O)[C@H](O)[C@H]1O. The Morgan fingerprint density at radius 1 is 0.738 bits per heavy atom. The van der Waals surface area contributed by atoms with Gasteiger partial charge in [0.05, 0.1) is 30.8 Å². The molecule has 0 spiro atoms. The van der Waals surface area contributed by atoms with E-state index >= 15 is 0 Å². The molecule has 0 aromatic heterocycles. The van der Waals surface area contributed by atoms with E-state index in [0.717, 1.165) is 44.9 Å². The van der Waals surface area contributed by atoms with Gasteiger partial charge in [0.1, 0.15) is 61.0 Å². The number of ether oxygens (including phenoxy) is 7. The Labute approximate surface area is 379 Å². The number of aliphatic hydroxyl groups is 8. The molecule has 2 bridgehead atoms. The van der Waals surface area contributed by atoms with Crippen molar-refractivity contribution in [3.05, 3.63) is 11.6 Å². The normalized spacial score (nSPS) is 57.5. The van der Waals surface area contributed by atoms with Gasteiger partial charge in [0.2, 0.25) is 0 Å². The minimum Gasteiger partial charge on any atom is -0.479 e. The number of aliphatic carboxylic acids is 1. The second-order valence-corrected chi connectivity index (χ2v) is 22.9. The zero-order valence-corrected chi connectivity index (χ0v) is 38.5. The Balaban J connectivity index is 0.980. The number of hydrogen-bond acceptors (Lipinski definition) is 17. The molecule has 18 heteroatoms. The van der Waals surface area contributed by atoms with Gasteiger partial charge in [0.25, 0.3) is 0 Å². The maximum atomic E-state index is 13.2. The zero-order valence-electron chi connectivity index (χ0n) is 38.5. The lowest BCUT2D eigenvalue weighted by molar-refractivity contribution is -0.387. The quantitative estimate of drug-likeness (QED) is 0.0929. The van der Waals surface area contributed by atoms with E-state index < -0.39 is 116 Å². The Bertz CT molecular complexity index is 1880. The lowest BCUT2D eigenvalue weighted by atomic mass is 9.33. The van der Waals surface area contributed by atoms with Crippen LogP contribution in [0.2, 0.25) is 0 Å². The molecule has 0 unspecified atom stereocenters. The molecule has 0 aromatic rings. The van der Waals surface area contributed by atoms with E-state index in [9.17, 15) is 55.5 Å². The van der Waals surface area contributed by atoms with Gasteiger partial charge >= 0.3 is 11.9 Å². The van der Waals surface area contributed by atoms with Crippen LogP contribution in [-0.2, 0) is 42.7 Å². The first-order chi connectivity index (χ1) is 30.4. The summed E-state index contributed by atoms with van der Waals surface area (Å²) in [5.41, 5.74) is -0.509. The molecule has 4 aliphatic heterocycles. The molecule has 0 radical (unpaired) electrons.